The van der Waals surface area contributed by atoms with Gasteiger partial charge in [0.15, 0.2) is 16.6 Å². The summed E-state index contributed by atoms with van der Waals surface area (Å²) in [6, 6.07) is 3.46. The number of thioether (sulfide) groups is 1. The Balaban J connectivity index is 1.82. The number of hydrogen-bond acceptors (Lipinski definition) is 7. The number of carbonyl (C=O) groups is 1. The number of hydrogen-bond donors (Lipinski definition) is 2. The zero-order chi connectivity index (χ0) is 18.1. The summed E-state index contributed by atoms with van der Waals surface area (Å²) in [5.74, 6) is 0.685. The number of pyridine rings is 1. The third kappa shape index (κ3) is 3.71. The molecule has 0 aliphatic heterocycles. The number of nitrogens with one attached hydrogen (secondary N) is 2. The first-order valence-corrected chi connectivity index (χ1v) is 8.50. The Morgan fingerprint density at radius 2 is 2.04 bits per heavy atom. The predicted octanol–water partition coefficient (Wildman–Crippen LogP) is 2.35. The van der Waals surface area contributed by atoms with Gasteiger partial charge in [-0.2, -0.15) is 0 Å². The molecule has 8 nitrogen and oxygen atoms in total. The first-order chi connectivity index (χ1) is 11.8. The maximum atomic E-state index is 12.3. The summed E-state index contributed by atoms with van der Waals surface area (Å²) in [6.45, 7) is 7.14. The van der Waals surface area contributed by atoms with Gasteiger partial charge in [0.1, 0.15) is 5.76 Å². The average molecular weight is 359 g/mol. The highest BCUT2D eigenvalue weighted by Gasteiger charge is 2.18. The van der Waals surface area contributed by atoms with E-state index in [1.807, 2.05) is 19.9 Å². The molecule has 0 radical (unpaired) electrons. The summed E-state index contributed by atoms with van der Waals surface area (Å²) >= 11 is 1.14. The van der Waals surface area contributed by atoms with Crippen molar-refractivity contribution in [3.05, 3.63) is 39.5 Å². The number of H-pyrrole nitrogens is 1. The van der Waals surface area contributed by atoms with Crippen molar-refractivity contribution in [3.63, 3.8) is 0 Å². The summed E-state index contributed by atoms with van der Waals surface area (Å²) in [6.07, 6.45) is 0. The van der Waals surface area contributed by atoms with Crippen LogP contribution in [0.3, 0.4) is 0 Å². The Kier molecular flexibility index (Phi) is 4.58. The molecule has 0 aliphatic rings. The topological polar surface area (TPSA) is 114 Å². The van der Waals surface area contributed by atoms with Gasteiger partial charge in [0.05, 0.1) is 10.6 Å². The Morgan fingerprint density at radius 1 is 1.28 bits per heavy atom. The minimum absolute atomic E-state index is 0.266. The van der Waals surface area contributed by atoms with E-state index in [9.17, 15) is 9.59 Å². The monoisotopic (exact) mass is 359 g/mol. The van der Waals surface area contributed by atoms with Crippen LogP contribution in [0, 0.1) is 20.8 Å². The molecule has 0 saturated heterocycles. The number of aromatic amines is 1. The fourth-order valence-corrected chi connectivity index (χ4v) is 3.18. The molecule has 0 bridgehead atoms. The lowest BCUT2D eigenvalue weighted by molar-refractivity contribution is -0.115. The number of carbonyl (C=O) groups excluding carboxylic acids is 1. The Hall–Kier alpha value is -2.68. The molecule has 0 aromatic carbocycles. The van der Waals surface area contributed by atoms with Crippen LogP contribution in [0.15, 0.2) is 26.6 Å². The number of aromatic nitrogens is 4. The lowest BCUT2D eigenvalue weighted by Gasteiger charge is -2.10. The summed E-state index contributed by atoms with van der Waals surface area (Å²) in [5.41, 5.74) is 1.71. The van der Waals surface area contributed by atoms with E-state index in [-0.39, 0.29) is 11.5 Å². The molecule has 1 amide bonds. The molecule has 9 heteroatoms. The van der Waals surface area contributed by atoms with Gasteiger partial charge in [0.2, 0.25) is 5.91 Å². The molecule has 3 aromatic rings. The van der Waals surface area contributed by atoms with Gasteiger partial charge in [-0.25, -0.2) is 9.97 Å². The van der Waals surface area contributed by atoms with Gasteiger partial charge in [-0.1, -0.05) is 16.9 Å². The highest BCUT2D eigenvalue weighted by Crippen LogP contribution is 2.22. The summed E-state index contributed by atoms with van der Waals surface area (Å²) in [7, 11) is 0. The van der Waals surface area contributed by atoms with E-state index in [4.69, 9.17) is 4.52 Å². The van der Waals surface area contributed by atoms with E-state index in [0.29, 0.717) is 27.8 Å². The second kappa shape index (κ2) is 6.67. The molecule has 3 heterocycles. The van der Waals surface area contributed by atoms with Crippen LogP contribution >= 0.6 is 11.8 Å². The first kappa shape index (κ1) is 17.2. The quantitative estimate of drug-likeness (QED) is 0.543. The molecule has 130 valence electrons. The maximum absolute atomic E-state index is 12.3. The van der Waals surface area contributed by atoms with Crippen molar-refractivity contribution in [2.75, 3.05) is 5.32 Å². The first-order valence-electron chi connectivity index (χ1n) is 7.62. The van der Waals surface area contributed by atoms with Crippen LogP contribution in [0.4, 0.5) is 5.82 Å². The van der Waals surface area contributed by atoms with Crippen molar-refractivity contribution in [3.8, 4) is 0 Å². The predicted molar refractivity (Wildman–Crippen MR) is 94.8 cm³/mol. The van der Waals surface area contributed by atoms with E-state index in [2.05, 4.69) is 25.4 Å². The SMILES string of the molecule is Cc1cc(C)c2c(=O)[nH]c(S[C@@H](C)C(=O)Nc3cc(C)on3)nc2n1. The van der Waals surface area contributed by atoms with E-state index in [1.165, 1.54) is 0 Å². The highest BCUT2D eigenvalue weighted by molar-refractivity contribution is 8.00. The van der Waals surface area contributed by atoms with Crippen molar-refractivity contribution in [1.29, 1.82) is 0 Å². The molecule has 0 saturated carbocycles. The Bertz CT molecular complexity index is 1010. The van der Waals surface area contributed by atoms with Crippen molar-refractivity contribution in [2.45, 2.75) is 38.1 Å². The lowest BCUT2D eigenvalue weighted by atomic mass is 10.2. The fraction of sp³-hybridized carbons (Fsp3) is 0.312. The van der Waals surface area contributed by atoms with Crippen LogP contribution < -0.4 is 10.9 Å². The molecule has 3 aromatic heterocycles. The third-order valence-electron chi connectivity index (χ3n) is 3.52. The van der Waals surface area contributed by atoms with Crippen LogP contribution in [0.2, 0.25) is 0 Å². The maximum Gasteiger partial charge on any atom is 0.261 e. The van der Waals surface area contributed by atoms with Gasteiger partial charge in [0, 0.05) is 11.8 Å². The standard InChI is InChI=1S/C16H17N5O3S/c1-7-5-8(2)17-13-12(7)15(23)20-16(19-13)25-10(4)14(22)18-11-6-9(3)24-21-11/h5-6,10H,1-4H3,(H,18,21,22)(H,17,19,20,23)/t10-/m0/s1. The smallest absolute Gasteiger partial charge is 0.261 e. The zero-order valence-corrected chi connectivity index (χ0v) is 15.0. The molecule has 0 aliphatic carbocycles. The molecule has 25 heavy (non-hydrogen) atoms. The lowest BCUT2D eigenvalue weighted by Crippen LogP contribution is -2.23. The zero-order valence-electron chi connectivity index (χ0n) is 14.2. The van der Waals surface area contributed by atoms with E-state index >= 15 is 0 Å². The summed E-state index contributed by atoms with van der Waals surface area (Å²) < 4.78 is 4.91. The van der Waals surface area contributed by atoms with Crippen LogP contribution in [-0.4, -0.2) is 31.3 Å². The molecule has 3 rings (SSSR count). The van der Waals surface area contributed by atoms with Gasteiger partial charge >= 0.3 is 0 Å². The van der Waals surface area contributed by atoms with E-state index < -0.39 is 5.25 Å². The van der Waals surface area contributed by atoms with Crippen molar-refractivity contribution < 1.29 is 9.32 Å². The summed E-state index contributed by atoms with van der Waals surface area (Å²) in [5, 5.41) is 6.68. The Morgan fingerprint density at radius 3 is 2.72 bits per heavy atom. The number of nitrogens with zero attached hydrogens (tertiary/aromatic N) is 3. The number of rotatable bonds is 4. The van der Waals surface area contributed by atoms with Gasteiger partial charge in [-0.05, 0) is 39.3 Å². The van der Waals surface area contributed by atoms with Crippen LogP contribution in [-0.2, 0) is 4.79 Å². The van der Waals surface area contributed by atoms with Crippen molar-refractivity contribution in [2.24, 2.45) is 0 Å². The second-order valence-corrected chi connectivity index (χ2v) is 7.05. The highest BCUT2D eigenvalue weighted by atomic mass is 32.2. The largest absolute Gasteiger partial charge is 0.360 e. The molecule has 0 unspecified atom stereocenters. The number of anilines is 1. The average Bonchev–Trinajstić information content (AvgIpc) is 2.90. The molecule has 1 atom stereocenters. The van der Waals surface area contributed by atoms with Gasteiger partial charge in [-0.3, -0.25) is 9.59 Å². The minimum Gasteiger partial charge on any atom is -0.360 e. The van der Waals surface area contributed by atoms with E-state index in [1.54, 1.807) is 19.9 Å². The van der Waals surface area contributed by atoms with Crippen molar-refractivity contribution in [1.82, 2.24) is 20.1 Å². The van der Waals surface area contributed by atoms with Gasteiger partial charge in [-0.15, -0.1) is 0 Å². The second-order valence-electron chi connectivity index (χ2n) is 5.72. The van der Waals surface area contributed by atoms with Crippen molar-refractivity contribution >= 4 is 34.5 Å². The number of aryl methyl sites for hydroxylation is 3. The van der Waals surface area contributed by atoms with Crippen LogP contribution in [0.1, 0.15) is 23.9 Å². The summed E-state index contributed by atoms with van der Waals surface area (Å²) in [4.78, 5) is 35.9. The molecular weight excluding hydrogens is 342 g/mol. The third-order valence-corrected chi connectivity index (χ3v) is 4.50. The minimum atomic E-state index is -0.497. The van der Waals surface area contributed by atoms with E-state index in [0.717, 1.165) is 23.0 Å². The molecular formula is C16H17N5O3S. The van der Waals surface area contributed by atoms with Gasteiger partial charge in [0.25, 0.3) is 5.56 Å². The fourth-order valence-electron chi connectivity index (χ4n) is 2.39. The van der Waals surface area contributed by atoms with Gasteiger partial charge < -0.3 is 14.8 Å². The Labute approximate surface area is 147 Å². The number of fused-ring (bicyclic) bond motifs is 1. The van der Waals surface area contributed by atoms with Crippen LogP contribution in [0.5, 0.6) is 0 Å². The number of amides is 1. The molecule has 0 fully saturated rings. The normalized spacial score (nSPS) is 12.3. The molecule has 0 spiro atoms. The molecule has 2 N–H and O–H groups in total. The van der Waals surface area contributed by atoms with Crippen LogP contribution in [0.25, 0.3) is 11.0 Å².